The summed E-state index contributed by atoms with van der Waals surface area (Å²) in [6.45, 7) is 22.1. The highest BCUT2D eigenvalue weighted by Crippen LogP contribution is 2.34. The average molecular weight is 1610 g/mol. The van der Waals surface area contributed by atoms with Gasteiger partial charge in [-0.05, 0) is 157 Å². The summed E-state index contributed by atoms with van der Waals surface area (Å²) >= 11 is 0. The van der Waals surface area contributed by atoms with Crippen LogP contribution in [0.5, 0.6) is 0 Å². The molecule has 0 fully saturated rings. The topological polar surface area (TPSA) is 238 Å². The Balaban J connectivity index is 0.000000726. The smallest absolute Gasteiger partial charge is 0.217 e. The minimum Gasteiger partial charge on any atom is -0.744 e. The van der Waals surface area contributed by atoms with Crippen LogP contribution in [0.15, 0.2) is 106 Å². The first-order chi connectivity index (χ1) is 52.8. The number of rotatable bonds is 60. The molecule has 0 aliphatic rings. The van der Waals surface area contributed by atoms with E-state index in [1.807, 2.05) is 42.5 Å². The molecule has 5 rings (SSSR count). The third-order valence-electron chi connectivity index (χ3n) is 21.7. The van der Waals surface area contributed by atoms with E-state index in [2.05, 4.69) is 81.4 Å². The number of unbranched alkanes of at least 4 members (excludes halogenated alkanes) is 36. The van der Waals surface area contributed by atoms with Crippen molar-refractivity contribution in [1.29, 1.82) is 0 Å². The Labute approximate surface area is 675 Å². The molecule has 13 nitrogen and oxygen atoms in total. The van der Waals surface area contributed by atoms with Crippen LogP contribution in [-0.2, 0) is 70.6 Å². The lowest BCUT2D eigenvalue weighted by Gasteiger charge is -2.23. The van der Waals surface area contributed by atoms with Crippen LogP contribution in [0.1, 0.15) is 413 Å². The normalized spacial score (nSPS) is 12.4. The molecule has 0 heterocycles. The summed E-state index contributed by atoms with van der Waals surface area (Å²) in [6, 6.07) is 26.5. The minimum atomic E-state index is -4.61. The highest BCUT2D eigenvalue weighted by atomic mass is 32.3. The Morgan fingerprint density at radius 3 is 1.03 bits per heavy atom. The molecule has 0 N–H and O–H groups in total. The van der Waals surface area contributed by atoms with Crippen LogP contribution in [-0.4, -0.2) is 58.0 Å². The first kappa shape index (κ1) is 104. The van der Waals surface area contributed by atoms with Gasteiger partial charge in [0.25, 0.3) is 0 Å². The second-order valence-corrected chi connectivity index (χ2v) is 36.3. The molecule has 5 aromatic rings. The van der Waals surface area contributed by atoms with Crippen LogP contribution in [0.4, 0.5) is 0 Å². The van der Waals surface area contributed by atoms with Crippen LogP contribution < -0.4 is 0 Å². The van der Waals surface area contributed by atoms with Gasteiger partial charge in [-0.25, -0.2) is 33.7 Å². The molecule has 0 amide bonds. The number of aryl methyl sites for hydroxylation is 4. The predicted molar refractivity (Wildman–Crippen MR) is 462 cm³/mol. The van der Waals surface area contributed by atoms with Crippen molar-refractivity contribution in [1.82, 2.24) is 0 Å². The Morgan fingerprint density at radius 1 is 0.291 bits per heavy atom. The van der Waals surface area contributed by atoms with E-state index >= 15 is 0 Å². The van der Waals surface area contributed by atoms with Gasteiger partial charge in [0.2, 0.25) is 10.4 Å². The van der Waals surface area contributed by atoms with E-state index in [4.69, 9.17) is 4.18 Å². The molecule has 2 unspecified atom stereocenters. The second kappa shape index (κ2) is 65.4. The molecule has 0 aliphatic carbocycles. The van der Waals surface area contributed by atoms with Crippen molar-refractivity contribution in [3.63, 3.8) is 0 Å². The van der Waals surface area contributed by atoms with E-state index in [1.54, 1.807) is 12.1 Å². The molecule has 0 spiro atoms. The summed E-state index contributed by atoms with van der Waals surface area (Å²) in [5.74, 6) is 1.19. The van der Waals surface area contributed by atoms with E-state index in [0.29, 0.717) is 41.9 Å². The lowest BCUT2D eigenvalue weighted by molar-refractivity contribution is 0.142. The summed E-state index contributed by atoms with van der Waals surface area (Å²) in [7, 11) is -17.9. The minimum absolute atomic E-state index is 0.0161. The molecule has 0 bridgehead atoms. The van der Waals surface area contributed by atoms with Gasteiger partial charge in [-0.15, -0.1) is 0 Å². The summed E-state index contributed by atoms with van der Waals surface area (Å²) in [5, 5.41) is 2.99. The summed E-state index contributed by atoms with van der Waals surface area (Å²) in [6.07, 6.45) is 64.7. The van der Waals surface area contributed by atoms with Gasteiger partial charge in [-0.3, -0.25) is 4.18 Å². The van der Waals surface area contributed by atoms with Gasteiger partial charge >= 0.3 is 0 Å². The highest BCUT2D eigenvalue weighted by Gasteiger charge is 2.20. The number of fused-ring (bicyclic) bond motifs is 2. The SMILES string of the molecule is CCCCC(CC)CCC(CCC(CC)CC)OS(=O)(=O)[O-].CCCCCCCCCCCCCC.CCCCCCCCCc1cc(CCCCCCCCC)c2ccccc2c1S(=O)(=O)[O-].CCCCCCCCCc1cc(S(=O)(=O)[O-])c2cc(CCCCCCCCC)ccc2c1.O=S(=O)([O-])c1ccccc1. The van der Waals surface area contributed by atoms with Gasteiger partial charge in [0.1, 0.15) is 30.4 Å². The second-order valence-electron chi connectivity index (χ2n) is 31.3. The van der Waals surface area contributed by atoms with E-state index < -0.39 is 46.9 Å². The van der Waals surface area contributed by atoms with Gasteiger partial charge in [0, 0.05) is 0 Å². The van der Waals surface area contributed by atoms with E-state index in [0.717, 1.165) is 117 Å². The van der Waals surface area contributed by atoms with Crippen molar-refractivity contribution < 1.29 is 56.1 Å². The molecule has 0 radical (unpaired) electrons. The van der Waals surface area contributed by atoms with Crippen molar-refractivity contribution in [2.24, 2.45) is 11.8 Å². The Kier molecular flexibility index (Phi) is 61.9. The summed E-state index contributed by atoms with van der Waals surface area (Å²) in [4.78, 5) is -0.216. The van der Waals surface area contributed by atoms with Crippen molar-refractivity contribution in [2.75, 3.05) is 0 Å². The van der Waals surface area contributed by atoms with Crippen molar-refractivity contribution >= 4 is 62.3 Å². The van der Waals surface area contributed by atoms with E-state index in [-0.39, 0.29) is 14.7 Å². The highest BCUT2D eigenvalue weighted by molar-refractivity contribution is 7.86. The maximum atomic E-state index is 12.2. The Bertz CT molecular complexity index is 3510. The zero-order valence-corrected chi connectivity index (χ0v) is 74.3. The zero-order chi connectivity index (χ0) is 81.6. The van der Waals surface area contributed by atoms with Crippen molar-refractivity contribution in [3.05, 3.63) is 113 Å². The van der Waals surface area contributed by atoms with Crippen LogP contribution >= 0.6 is 0 Å². The number of hydrogen-bond donors (Lipinski definition) is 0. The van der Waals surface area contributed by atoms with Crippen molar-refractivity contribution in [2.45, 2.75) is 437 Å². The summed E-state index contributed by atoms with van der Waals surface area (Å²) in [5.41, 5.74) is 4.00. The molecule has 5 aromatic carbocycles. The first-order valence-electron chi connectivity index (χ1n) is 44.5. The van der Waals surface area contributed by atoms with Gasteiger partial charge in [-0.1, -0.05) is 406 Å². The van der Waals surface area contributed by atoms with Crippen LogP contribution in [0, 0.1) is 11.8 Å². The average Bonchev–Trinajstić information content (AvgIpc) is 0.775. The molecule has 17 heteroatoms. The molecular weight excluding hydrogens is 1450 g/mol. The molecule has 0 aromatic heterocycles. The lowest BCUT2D eigenvalue weighted by Crippen LogP contribution is -2.20. The van der Waals surface area contributed by atoms with Gasteiger partial charge in [0.05, 0.1) is 20.8 Å². The molecule has 2 atom stereocenters. The maximum absolute atomic E-state index is 12.2. The maximum Gasteiger partial charge on any atom is 0.217 e. The molecule has 634 valence electrons. The first-order valence-corrected chi connectivity index (χ1v) is 50.0. The van der Waals surface area contributed by atoms with Gasteiger partial charge in [-0.2, -0.15) is 0 Å². The van der Waals surface area contributed by atoms with E-state index in [9.17, 15) is 51.9 Å². The zero-order valence-electron chi connectivity index (χ0n) is 71.0. The quantitative estimate of drug-likeness (QED) is 0.0200. The van der Waals surface area contributed by atoms with Crippen molar-refractivity contribution in [3.8, 4) is 0 Å². The third-order valence-corrected chi connectivity index (χ3v) is 24.9. The number of hydrogen-bond acceptors (Lipinski definition) is 13. The molecule has 110 heavy (non-hydrogen) atoms. The predicted octanol–water partition coefficient (Wildman–Crippen LogP) is 28.0. The third kappa shape index (κ3) is 51.9. The summed E-state index contributed by atoms with van der Waals surface area (Å²) < 4.78 is 141. The molecule has 0 saturated carbocycles. The fourth-order valence-corrected chi connectivity index (χ4v) is 17.4. The van der Waals surface area contributed by atoms with E-state index in [1.165, 1.54) is 267 Å². The molecule has 0 saturated heterocycles. The van der Waals surface area contributed by atoms with Crippen LogP contribution in [0.2, 0.25) is 0 Å². The monoisotopic (exact) mass is 1610 g/mol. The standard InChI is InChI=1S/2C28H44O3S.C17H36O4S.C14H30.C6H6O3S/c1-3-5-7-9-11-13-15-19-24-23-25(20-16-14-12-10-8-6-4-2)28(32(29,30)31)27-22-18-17-21-26(24)27;1-3-5-7-9-11-13-15-17-24-19-20-26-21-25(18-16-14-12-10-8-6-4-2)23-28(27(26)22-24)32(29,30)31;1-5-9-10-16(8-4)12-14-17(21-22(18,19)20)13-11-15(6-2)7-3;1-3-5-7-9-11-13-14-12-10-8-6-4-2;7-10(8,9)6-4-2-1-3-5-6/h17-18,21-23H,3-16,19-20H2,1-2H3,(H,29,30,31);19-23H,3-18H2,1-2H3,(H,29,30,31);15-17H,5-14H2,1-4H3,(H,18,19,20);3-14H2,1-2H3;1-5H,(H,7,8,9)/p-4. The Hall–Kier alpha value is -3.78. The fraction of sp³-hybridized carbons (Fsp3) is 0.720. The van der Waals surface area contributed by atoms with Gasteiger partial charge < -0.3 is 18.2 Å². The van der Waals surface area contributed by atoms with Gasteiger partial charge in [0.15, 0.2) is 0 Å². The number of benzene rings is 5. The van der Waals surface area contributed by atoms with Crippen LogP contribution in [0.3, 0.4) is 0 Å². The van der Waals surface area contributed by atoms with Crippen LogP contribution in [0.25, 0.3) is 21.5 Å². The molecule has 0 aliphatic heterocycles. The molecular formula is C93H156O13S4-4. The Morgan fingerprint density at radius 2 is 0.655 bits per heavy atom. The largest absolute Gasteiger partial charge is 0.744 e. The fourth-order valence-electron chi connectivity index (χ4n) is 14.7. The lowest BCUT2D eigenvalue weighted by atomic mass is 9.90.